The van der Waals surface area contributed by atoms with Gasteiger partial charge in [0.15, 0.2) is 0 Å². The molecule has 0 aliphatic carbocycles. The summed E-state index contributed by atoms with van der Waals surface area (Å²) in [5.74, 6) is -0.176. The molecule has 1 amide bonds. The molecule has 0 aromatic heterocycles. The van der Waals surface area contributed by atoms with Crippen molar-refractivity contribution in [2.75, 3.05) is 19.8 Å². The van der Waals surface area contributed by atoms with Crippen LogP contribution in [0.25, 0.3) is 0 Å². The molecule has 0 spiro atoms. The van der Waals surface area contributed by atoms with E-state index in [9.17, 15) is 13.2 Å². The van der Waals surface area contributed by atoms with Gasteiger partial charge < -0.3 is 4.90 Å². The van der Waals surface area contributed by atoms with Crippen LogP contribution in [0.15, 0.2) is 24.3 Å². The molecule has 1 aromatic carbocycles. The van der Waals surface area contributed by atoms with Crippen LogP contribution in [0.2, 0.25) is 5.02 Å². The second-order valence-electron chi connectivity index (χ2n) is 5.67. The van der Waals surface area contributed by atoms with Crippen molar-refractivity contribution in [2.45, 2.75) is 31.8 Å². The van der Waals surface area contributed by atoms with Crippen LogP contribution in [0.5, 0.6) is 0 Å². The van der Waals surface area contributed by atoms with E-state index >= 15 is 0 Å². The first-order valence-electron chi connectivity index (χ1n) is 7.26. The first kappa shape index (κ1) is 17.2. The van der Waals surface area contributed by atoms with E-state index in [1.165, 1.54) is 4.31 Å². The summed E-state index contributed by atoms with van der Waals surface area (Å²) in [7, 11) is -1.69. The van der Waals surface area contributed by atoms with Gasteiger partial charge in [-0.1, -0.05) is 36.2 Å². The Hall–Kier alpha value is -1.11. The summed E-state index contributed by atoms with van der Waals surface area (Å²) in [5.41, 5.74) is 0.849. The number of sulfonamides is 1. The number of likely N-dealkylation sites (N-methyl/N-ethyl adjacent to an activating group) is 1. The Morgan fingerprint density at radius 3 is 2.68 bits per heavy atom. The lowest BCUT2D eigenvalue weighted by molar-refractivity contribution is -0.135. The maximum Gasteiger partial charge on any atom is 0.241 e. The number of hydrogen-bond donors (Lipinski definition) is 0. The van der Waals surface area contributed by atoms with E-state index in [2.05, 4.69) is 0 Å². The van der Waals surface area contributed by atoms with E-state index in [1.807, 2.05) is 18.2 Å². The van der Waals surface area contributed by atoms with E-state index in [1.54, 1.807) is 18.0 Å². The van der Waals surface area contributed by atoms with Crippen LogP contribution in [0.3, 0.4) is 0 Å². The summed E-state index contributed by atoms with van der Waals surface area (Å²) in [6, 6.07) is 6.74. The van der Waals surface area contributed by atoms with Crippen LogP contribution in [0.4, 0.5) is 0 Å². The smallest absolute Gasteiger partial charge is 0.241 e. The van der Waals surface area contributed by atoms with E-state index in [0.29, 0.717) is 24.5 Å². The van der Waals surface area contributed by atoms with Crippen LogP contribution in [-0.2, 0) is 21.4 Å². The minimum absolute atomic E-state index is 0.176. The molecule has 1 aromatic rings. The van der Waals surface area contributed by atoms with Gasteiger partial charge >= 0.3 is 0 Å². The highest BCUT2D eigenvalue weighted by molar-refractivity contribution is 7.88. The van der Waals surface area contributed by atoms with Gasteiger partial charge in [0.05, 0.1) is 6.26 Å². The monoisotopic (exact) mass is 344 g/mol. The predicted octanol–water partition coefficient (Wildman–Crippen LogP) is 2.11. The van der Waals surface area contributed by atoms with Crippen LogP contribution < -0.4 is 0 Å². The number of piperidine rings is 1. The maximum absolute atomic E-state index is 12.6. The van der Waals surface area contributed by atoms with Crippen molar-refractivity contribution in [3.63, 3.8) is 0 Å². The number of hydrogen-bond acceptors (Lipinski definition) is 3. The highest BCUT2D eigenvalue weighted by atomic mass is 35.5. The zero-order valence-corrected chi connectivity index (χ0v) is 14.4. The summed E-state index contributed by atoms with van der Waals surface area (Å²) < 4.78 is 25.1. The molecule has 0 radical (unpaired) electrons. The average Bonchev–Trinajstić information content (AvgIpc) is 2.48. The SMILES string of the molecule is CN(Cc1ccccc1Cl)C(=O)C1CCCCN1S(C)(=O)=O. The minimum atomic E-state index is -3.37. The van der Waals surface area contributed by atoms with Gasteiger partial charge in [0.2, 0.25) is 15.9 Å². The molecular weight excluding hydrogens is 324 g/mol. The van der Waals surface area contributed by atoms with Gasteiger partial charge in [-0.05, 0) is 24.5 Å². The third-order valence-corrected chi connectivity index (χ3v) is 5.56. The van der Waals surface area contributed by atoms with Crippen LogP contribution >= 0.6 is 11.6 Å². The van der Waals surface area contributed by atoms with Crippen LogP contribution in [0, 0.1) is 0 Å². The molecule has 1 saturated heterocycles. The van der Waals surface area contributed by atoms with E-state index in [0.717, 1.165) is 24.7 Å². The van der Waals surface area contributed by atoms with Gasteiger partial charge in [0.1, 0.15) is 6.04 Å². The van der Waals surface area contributed by atoms with Crippen LogP contribution in [-0.4, -0.2) is 49.4 Å². The Morgan fingerprint density at radius 1 is 1.36 bits per heavy atom. The van der Waals surface area contributed by atoms with Gasteiger partial charge in [0, 0.05) is 25.2 Å². The number of rotatable bonds is 4. The van der Waals surface area contributed by atoms with Gasteiger partial charge in [-0.2, -0.15) is 4.31 Å². The molecule has 1 atom stereocenters. The molecule has 2 rings (SSSR count). The normalized spacial score (nSPS) is 19.9. The second-order valence-corrected chi connectivity index (χ2v) is 8.01. The first-order chi connectivity index (χ1) is 10.3. The molecule has 1 aliphatic heterocycles. The summed E-state index contributed by atoms with van der Waals surface area (Å²) >= 11 is 6.12. The van der Waals surface area contributed by atoms with Gasteiger partial charge in [0.25, 0.3) is 0 Å². The molecule has 1 unspecified atom stereocenters. The van der Waals surface area contributed by atoms with Crippen molar-refractivity contribution in [2.24, 2.45) is 0 Å². The third kappa shape index (κ3) is 4.00. The summed E-state index contributed by atoms with van der Waals surface area (Å²) in [5, 5.41) is 0.603. The van der Waals surface area contributed by atoms with Gasteiger partial charge in [-0.15, -0.1) is 0 Å². The first-order valence-corrected chi connectivity index (χ1v) is 9.48. The van der Waals surface area contributed by atoms with Crippen molar-refractivity contribution < 1.29 is 13.2 Å². The fourth-order valence-corrected chi connectivity index (χ4v) is 4.08. The Bertz CT molecular complexity index is 648. The number of carbonyl (C=O) groups is 1. The molecule has 22 heavy (non-hydrogen) atoms. The molecular formula is C15H21ClN2O3S. The average molecular weight is 345 g/mol. The molecule has 1 fully saturated rings. The lowest BCUT2D eigenvalue weighted by Gasteiger charge is -2.35. The van der Waals surface area contributed by atoms with E-state index in [-0.39, 0.29) is 5.91 Å². The number of amides is 1. The molecule has 0 saturated carbocycles. The Balaban J connectivity index is 2.13. The standard InChI is InChI=1S/C15H21ClN2O3S/c1-17(11-12-7-3-4-8-13(12)16)15(19)14-9-5-6-10-18(14)22(2,20)21/h3-4,7-8,14H,5-6,9-11H2,1-2H3. The summed E-state index contributed by atoms with van der Waals surface area (Å²) in [6.07, 6.45) is 3.39. The van der Waals surface area contributed by atoms with Gasteiger partial charge in [-0.3, -0.25) is 4.79 Å². The Labute approximate surface area is 136 Å². The van der Waals surface area contributed by atoms with Crippen molar-refractivity contribution >= 4 is 27.5 Å². The number of carbonyl (C=O) groups excluding carboxylic acids is 1. The van der Waals surface area contributed by atoms with Crippen molar-refractivity contribution in [1.82, 2.24) is 9.21 Å². The van der Waals surface area contributed by atoms with Crippen LogP contribution in [0.1, 0.15) is 24.8 Å². The van der Waals surface area contributed by atoms with E-state index in [4.69, 9.17) is 11.6 Å². The third-order valence-electron chi connectivity index (χ3n) is 3.91. The summed E-state index contributed by atoms with van der Waals surface area (Å²) in [4.78, 5) is 14.2. The number of nitrogens with zero attached hydrogens (tertiary/aromatic N) is 2. The van der Waals surface area contributed by atoms with E-state index < -0.39 is 16.1 Å². The zero-order chi connectivity index (χ0) is 16.3. The topological polar surface area (TPSA) is 57.7 Å². The lowest BCUT2D eigenvalue weighted by atomic mass is 10.0. The molecule has 1 heterocycles. The Morgan fingerprint density at radius 2 is 2.05 bits per heavy atom. The molecule has 0 bridgehead atoms. The number of benzene rings is 1. The maximum atomic E-state index is 12.6. The highest BCUT2D eigenvalue weighted by Crippen LogP contribution is 2.23. The number of halogens is 1. The van der Waals surface area contributed by atoms with Crippen molar-refractivity contribution in [1.29, 1.82) is 0 Å². The largest absolute Gasteiger partial charge is 0.340 e. The Kier molecular flexibility index (Phi) is 5.47. The molecule has 0 N–H and O–H groups in total. The molecule has 5 nitrogen and oxygen atoms in total. The molecule has 7 heteroatoms. The quantitative estimate of drug-likeness (QED) is 0.840. The van der Waals surface area contributed by atoms with Gasteiger partial charge in [-0.25, -0.2) is 8.42 Å². The zero-order valence-electron chi connectivity index (χ0n) is 12.8. The minimum Gasteiger partial charge on any atom is -0.340 e. The molecule has 1 aliphatic rings. The fraction of sp³-hybridized carbons (Fsp3) is 0.533. The lowest BCUT2D eigenvalue weighted by Crippen LogP contribution is -2.51. The highest BCUT2D eigenvalue weighted by Gasteiger charge is 2.35. The summed E-state index contributed by atoms with van der Waals surface area (Å²) in [6.45, 7) is 0.780. The second kappa shape index (κ2) is 6.98. The molecule has 122 valence electrons. The fourth-order valence-electron chi connectivity index (χ4n) is 2.76. The van der Waals surface area contributed by atoms with Crippen molar-refractivity contribution in [3.05, 3.63) is 34.9 Å². The predicted molar refractivity (Wildman–Crippen MR) is 87.1 cm³/mol. The van der Waals surface area contributed by atoms with Crippen molar-refractivity contribution in [3.8, 4) is 0 Å².